The van der Waals surface area contributed by atoms with Crippen LogP contribution < -0.4 is 11.2 Å². The maximum Gasteiger partial charge on any atom is 0.340 e. The first-order chi connectivity index (χ1) is 23.0. The van der Waals surface area contributed by atoms with Crippen molar-refractivity contribution in [2.75, 3.05) is 51.8 Å². The maximum absolute atomic E-state index is 12.8. The van der Waals surface area contributed by atoms with Crippen molar-refractivity contribution in [3.8, 4) is 0 Å². The average Bonchev–Trinajstić information content (AvgIpc) is 3.33. The third-order valence-electron chi connectivity index (χ3n) is 7.84. The number of nitrogens with zero attached hydrogens (tertiary/aromatic N) is 5. The molecule has 5 atom stereocenters. The van der Waals surface area contributed by atoms with Gasteiger partial charge in [0.25, 0.3) is 0 Å². The molecule has 1 aromatic carbocycles. The second-order valence-corrected chi connectivity index (χ2v) is 15.3. The summed E-state index contributed by atoms with van der Waals surface area (Å²) in [6.07, 6.45) is -4.69. The SMILES string of the molecule is CCN(CC)CC.CCN(CC)CC.Cc1ccc(CO/N=c2/ccn([C@@H]3O[C@H](COP(=O)(O)CP(=O)(O)O)[C@@H](O)[C@H]3O)c(=O)n2C)cc1. The fourth-order valence-electron chi connectivity index (χ4n) is 4.64. The summed E-state index contributed by atoms with van der Waals surface area (Å²) in [4.78, 5) is 50.2. The van der Waals surface area contributed by atoms with Gasteiger partial charge in [-0.25, -0.2) is 4.79 Å². The van der Waals surface area contributed by atoms with E-state index < -0.39 is 57.9 Å². The minimum atomic E-state index is -4.84. The van der Waals surface area contributed by atoms with E-state index in [1.807, 2.05) is 31.2 Å². The van der Waals surface area contributed by atoms with Gasteiger partial charge < -0.3 is 48.8 Å². The largest absolute Gasteiger partial charge is 0.389 e. The Hall–Kier alpha value is -2.20. The molecule has 1 fully saturated rings. The molecule has 0 bridgehead atoms. The average molecular weight is 738 g/mol. The lowest BCUT2D eigenvalue weighted by Gasteiger charge is -2.19. The van der Waals surface area contributed by atoms with Crippen molar-refractivity contribution in [1.29, 1.82) is 0 Å². The molecule has 0 spiro atoms. The minimum absolute atomic E-state index is 0.171. The Morgan fingerprint density at radius 3 is 1.82 bits per heavy atom. The standard InChI is InChI=1S/C19H27N3O11P2.2C6H15N/c1-12-3-5-13(6-4-12)9-31-20-15-7-8-22(19(25)21(15)2)18-17(24)16(23)14(33-18)10-32-35(29,30)11-34(26,27)28;2*1-4-7(5-2)6-3/h3-8,14,16-18,23-24H,9-11H2,1-2H3,(H,29,30)(H2,26,27,28);2*4-6H2,1-3H3/b20-15-;;/t14-,16-,17-,18-;;/m1../s1. The molecule has 5 N–H and O–H groups in total. The van der Waals surface area contributed by atoms with Crippen molar-refractivity contribution in [2.24, 2.45) is 12.2 Å². The Balaban J connectivity index is 0.000000717. The molecule has 3 rings (SSSR count). The van der Waals surface area contributed by atoms with Crippen molar-refractivity contribution in [3.05, 3.63) is 63.6 Å². The molecular weight excluding hydrogens is 680 g/mol. The lowest BCUT2D eigenvalue weighted by atomic mass is 10.1. The first-order valence-corrected chi connectivity index (χ1v) is 20.0. The van der Waals surface area contributed by atoms with Gasteiger partial charge in [0, 0.05) is 19.3 Å². The Morgan fingerprint density at radius 1 is 0.857 bits per heavy atom. The van der Waals surface area contributed by atoms with E-state index in [1.165, 1.54) is 58.6 Å². The van der Waals surface area contributed by atoms with Crippen LogP contribution in [-0.2, 0) is 36.9 Å². The quantitative estimate of drug-likeness (QED) is 0.131. The van der Waals surface area contributed by atoms with E-state index in [0.717, 1.165) is 20.3 Å². The summed E-state index contributed by atoms with van der Waals surface area (Å²) >= 11 is 0. The predicted octanol–water partition coefficient (Wildman–Crippen LogP) is 2.18. The summed E-state index contributed by atoms with van der Waals surface area (Å²) < 4.78 is 35.0. The number of rotatable bonds is 15. The first kappa shape index (κ1) is 44.8. The molecule has 1 saturated heterocycles. The highest BCUT2D eigenvalue weighted by Gasteiger charge is 2.45. The van der Waals surface area contributed by atoms with Gasteiger partial charge in [-0.1, -0.05) is 76.5 Å². The zero-order valence-corrected chi connectivity index (χ0v) is 31.7. The summed E-state index contributed by atoms with van der Waals surface area (Å²) in [5.74, 6) is -1.42. The molecular formula is C31H57N5O11P2. The number of ether oxygens (including phenoxy) is 1. The number of aryl methyl sites for hydroxylation is 1. The highest BCUT2D eigenvalue weighted by atomic mass is 31.2. The number of aliphatic hydroxyl groups excluding tert-OH is 2. The maximum atomic E-state index is 12.8. The van der Waals surface area contributed by atoms with Gasteiger partial charge in [-0.3, -0.25) is 18.3 Å². The molecule has 2 heterocycles. The lowest BCUT2D eigenvalue weighted by Crippen LogP contribution is -2.42. The van der Waals surface area contributed by atoms with Crippen molar-refractivity contribution >= 4 is 15.2 Å². The Bertz CT molecular complexity index is 1430. The number of aliphatic hydroxyl groups is 2. The number of benzene rings is 1. The number of aromatic nitrogens is 2. The van der Waals surface area contributed by atoms with Gasteiger partial charge in [0.05, 0.1) is 6.61 Å². The summed E-state index contributed by atoms with van der Waals surface area (Å²) in [6, 6.07) is 9.04. The van der Waals surface area contributed by atoms with Crippen LogP contribution in [0.25, 0.3) is 0 Å². The van der Waals surface area contributed by atoms with Gasteiger partial charge in [0.2, 0.25) is 0 Å². The van der Waals surface area contributed by atoms with Crippen LogP contribution in [0.15, 0.2) is 46.5 Å². The second-order valence-electron chi connectivity index (χ2n) is 11.3. The highest BCUT2D eigenvalue weighted by molar-refractivity contribution is 7.70. The van der Waals surface area contributed by atoms with E-state index in [1.54, 1.807) is 0 Å². The molecule has 1 aliphatic rings. The van der Waals surface area contributed by atoms with E-state index in [4.69, 9.17) is 19.4 Å². The monoisotopic (exact) mass is 737 g/mol. The van der Waals surface area contributed by atoms with Gasteiger partial charge in [0.15, 0.2) is 17.6 Å². The number of hydrogen-bond donors (Lipinski definition) is 5. The van der Waals surface area contributed by atoms with Gasteiger partial charge in [-0.2, -0.15) is 0 Å². The normalized spacial score (nSPS) is 20.8. The van der Waals surface area contributed by atoms with Crippen molar-refractivity contribution in [2.45, 2.75) is 79.6 Å². The van der Waals surface area contributed by atoms with Crippen molar-refractivity contribution in [3.63, 3.8) is 0 Å². The van der Waals surface area contributed by atoms with Crippen LogP contribution in [-0.4, -0.2) is 114 Å². The molecule has 0 amide bonds. The van der Waals surface area contributed by atoms with E-state index >= 15 is 0 Å². The third-order valence-corrected chi connectivity index (χ3v) is 11.3. The van der Waals surface area contributed by atoms with Crippen molar-refractivity contribution in [1.82, 2.24) is 18.9 Å². The zero-order valence-electron chi connectivity index (χ0n) is 30.0. The summed E-state index contributed by atoms with van der Waals surface area (Å²) in [6.45, 7) is 21.6. The van der Waals surface area contributed by atoms with Crippen LogP contribution in [0.4, 0.5) is 0 Å². The summed E-state index contributed by atoms with van der Waals surface area (Å²) in [5.41, 5.74) is 1.48. The highest BCUT2D eigenvalue weighted by Crippen LogP contribution is 2.55. The van der Waals surface area contributed by atoms with Crippen LogP contribution >= 0.6 is 15.2 Å². The van der Waals surface area contributed by atoms with E-state index in [2.05, 4.69) is 61.0 Å². The summed E-state index contributed by atoms with van der Waals surface area (Å²) in [5, 5.41) is 24.5. The van der Waals surface area contributed by atoms with Gasteiger partial charge >= 0.3 is 20.9 Å². The van der Waals surface area contributed by atoms with Crippen LogP contribution in [0.3, 0.4) is 0 Å². The molecule has 1 unspecified atom stereocenters. The number of hydrogen-bond acceptors (Lipinski definition) is 11. The van der Waals surface area contributed by atoms with E-state index in [9.17, 15) is 29.0 Å². The smallest absolute Gasteiger partial charge is 0.340 e. The molecule has 1 aromatic heterocycles. The topological polar surface area (TPSA) is 209 Å². The fourth-order valence-corrected chi connectivity index (χ4v) is 7.21. The molecule has 0 aliphatic carbocycles. The molecule has 2 aromatic rings. The first-order valence-electron chi connectivity index (χ1n) is 16.4. The Morgan fingerprint density at radius 2 is 1.37 bits per heavy atom. The van der Waals surface area contributed by atoms with Crippen molar-refractivity contribution < 1.29 is 48.1 Å². The molecule has 1 aliphatic heterocycles. The third kappa shape index (κ3) is 15.7. The molecule has 18 heteroatoms. The zero-order chi connectivity index (χ0) is 37.4. The van der Waals surface area contributed by atoms with E-state index in [0.29, 0.717) is 0 Å². The van der Waals surface area contributed by atoms with Gasteiger partial charge in [0.1, 0.15) is 24.9 Å². The Labute approximate surface area is 289 Å². The second kappa shape index (κ2) is 21.9. The van der Waals surface area contributed by atoms with Gasteiger partial charge in [-0.15, -0.1) is 0 Å². The molecule has 282 valence electrons. The molecule has 0 radical (unpaired) electrons. The minimum Gasteiger partial charge on any atom is -0.389 e. The van der Waals surface area contributed by atoms with Crippen LogP contribution in [0.5, 0.6) is 0 Å². The molecule has 0 saturated carbocycles. The fraction of sp³-hybridized carbons (Fsp3) is 0.677. The lowest BCUT2D eigenvalue weighted by molar-refractivity contribution is -0.0530. The predicted molar refractivity (Wildman–Crippen MR) is 187 cm³/mol. The summed E-state index contributed by atoms with van der Waals surface area (Å²) in [7, 11) is -8.13. The Kier molecular flexibility index (Phi) is 20.0. The van der Waals surface area contributed by atoms with Crippen LogP contribution in [0.2, 0.25) is 0 Å². The van der Waals surface area contributed by atoms with E-state index in [-0.39, 0.29) is 12.1 Å². The van der Waals surface area contributed by atoms with Gasteiger partial charge in [-0.05, 0) is 51.8 Å². The molecule has 49 heavy (non-hydrogen) atoms. The molecule has 16 nitrogen and oxygen atoms in total. The van der Waals surface area contributed by atoms with Crippen LogP contribution in [0.1, 0.15) is 58.9 Å². The van der Waals surface area contributed by atoms with Crippen LogP contribution in [0, 0.1) is 6.92 Å².